The molecule has 1 aromatic rings. The first-order valence-electron chi connectivity index (χ1n) is 10.3. The summed E-state index contributed by atoms with van der Waals surface area (Å²) in [6.07, 6.45) is 8.47. The molecule has 0 spiro atoms. The molecule has 0 radical (unpaired) electrons. The van der Waals surface area contributed by atoms with Crippen LogP contribution in [0.15, 0.2) is 6.07 Å². The molecule has 1 unspecified atom stereocenters. The number of carbonyl (C=O) groups excluding carboxylic acids is 1. The highest BCUT2D eigenvalue weighted by Crippen LogP contribution is 2.35. The third-order valence-corrected chi connectivity index (χ3v) is 5.90. The molecule has 0 aromatic heterocycles. The minimum Gasteiger partial charge on any atom is -0.487 e. The summed E-state index contributed by atoms with van der Waals surface area (Å²) in [4.78, 5) is 12.2. The number of carbonyl (C=O) groups is 1. The highest BCUT2D eigenvalue weighted by atomic mass is 19.2. The van der Waals surface area contributed by atoms with E-state index in [2.05, 4.69) is 6.92 Å². The molecule has 1 saturated carbocycles. The van der Waals surface area contributed by atoms with Crippen LogP contribution < -0.4 is 4.74 Å². The molecule has 2 aliphatic rings. The SMILES string of the molecule is CCCC1CCC(OC(=O)CCC2CCc3cc(C)c(F)c(F)c3O2)CC1. The van der Waals surface area contributed by atoms with Crippen molar-refractivity contribution < 1.29 is 23.0 Å². The van der Waals surface area contributed by atoms with Crippen molar-refractivity contribution in [3.05, 3.63) is 28.8 Å². The molecule has 0 bridgehead atoms. The van der Waals surface area contributed by atoms with Crippen LogP contribution in [0.25, 0.3) is 0 Å². The molecule has 150 valence electrons. The van der Waals surface area contributed by atoms with E-state index in [1.54, 1.807) is 13.0 Å². The van der Waals surface area contributed by atoms with Crippen LogP contribution in [0.4, 0.5) is 8.78 Å². The Hall–Kier alpha value is -1.65. The summed E-state index contributed by atoms with van der Waals surface area (Å²) in [5.41, 5.74) is 1.000. The molecule has 1 aliphatic heterocycles. The Balaban J connectivity index is 1.45. The molecule has 27 heavy (non-hydrogen) atoms. The fourth-order valence-electron chi connectivity index (χ4n) is 4.33. The maximum absolute atomic E-state index is 14.1. The van der Waals surface area contributed by atoms with Crippen LogP contribution in [0.2, 0.25) is 0 Å². The van der Waals surface area contributed by atoms with Gasteiger partial charge in [0, 0.05) is 6.42 Å². The van der Waals surface area contributed by atoms with E-state index >= 15 is 0 Å². The van der Waals surface area contributed by atoms with Crippen molar-refractivity contribution in [1.82, 2.24) is 0 Å². The lowest BCUT2D eigenvalue weighted by atomic mass is 9.85. The van der Waals surface area contributed by atoms with Crippen molar-refractivity contribution in [2.75, 3.05) is 0 Å². The zero-order valence-corrected chi connectivity index (χ0v) is 16.4. The molecule has 1 aliphatic carbocycles. The number of fused-ring (bicyclic) bond motifs is 1. The smallest absolute Gasteiger partial charge is 0.306 e. The van der Waals surface area contributed by atoms with E-state index in [0.717, 1.165) is 31.6 Å². The van der Waals surface area contributed by atoms with E-state index < -0.39 is 11.6 Å². The van der Waals surface area contributed by atoms with E-state index in [-0.39, 0.29) is 30.3 Å². The van der Waals surface area contributed by atoms with Crippen LogP contribution in [-0.4, -0.2) is 18.2 Å². The van der Waals surface area contributed by atoms with Crippen LogP contribution in [0.3, 0.4) is 0 Å². The molecule has 1 fully saturated rings. The van der Waals surface area contributed by atoms with Crippen molar-refractivity contribution in [1.29, 1.82) is 0 Å². The maximum atomic E-state index is 14.1. The molecular weight excluding hydrogens is 350 g/mol. The molecule has 3 nitrogen and oxygen atoms in total. The second-order valence-corrected chi connectivity index (χ2v) is 8.05. The Kier molecular flexibility index (Phi) is 6.72. The Labute approximate surface area is 160 Å². The van der Waals surface area contributed by atoms with Gasteiger partial charge in [-0.1, -0.05) is 19.8 Å². The lowest BCUT2D eigenvalue weighted by molar-refractivity contribution is -0.151. The van der Waals surface area contributed by atoms with E-state index in [4.69, 9.17) is 9.47 Å². The molecule has 0 amide bonds. The quantitative estimate of drug-likeness (QED) is 0.598. The fraction of sp³-hybridized carbons (Fsp3) is 0.682. The van der Waals surface area contributed by atoms with Crippen LogP contribution in [0, 0.1) is 24.5 Å². The number of hydrogen-bond donors (Lipinski definition) is 0. The first-order chi connectivity index (χ1) is 13.0. The minimum atomic E-state index is -0.916. The monoisotopic (exact) mass is 380 g/mol. The maximum Gasteiger partial charge on any atom is 0.306 e. The standard InChI is InChI=1S/C22H30F2O3/c1-3-4-15-5-8-17(9-6-15)26-19(25)12-11-18-10-7-16-13-14(2)20(23)21(24)22(16)27-18/h13,15,17-18H,3-12H2,1-2H3. The molecule has 3 rings (SSSR count). The van der Waals surface area contributed by atoms with Gasteiger partial charge in [-0.25, -0.2) is 4.39 Å². The van der Waals surface area contributed by atoms with Gasteiger partial charge in [-0.15, -0.1) is 0 Å². The third-order valence-electron chi connectivity index (χ3n) is 5.90. The highest BCUT2D eigenvalue weighted by molar-refractivity contribution is 5.69. The Morgan fingerprint density at radius 1 is 1.15 bits per heavy atom. The summed E-state index contributed by atoms with van der Waals surface area (Å²) >= 11 is 0. The van der Waals surface area contributed by atoms with E-state index in [9.17, 15) is 13.6 Å². The van der Waals surface area contributed by atoms with Gasteiger partial charge >= 0.3 is 5.97 Å². The second-order valence-electron chi connectivity index (χ2n) is 8.05. The summed E-state index contributed by atoms with van der Waals surface area (Å²) in [6.45, 7) is 3.76. The van der Waals surface area contributed by atoms with Gasteiger partial charge < -0.3 is 9.47 Å². The molecule has 0 N–H and O–H groups in total. The molecule has 1 atom stereocenters. The van der Waals surface area contributed by atoms with E-state index in [1.165, 1.54) is 12.8 Å². The van der Waals surface area contributed by atoms with Gasteiger partial charge in [0.1, 0.15) is 6.10 Å². The molecule has 5 heteroatoms. The molecule has 1 heterocycles. The van der Waals surface area contributed by atoms with Crippen LogP contribution >= 0.6 is 0 Å². The predicted octanol–water partition coefficient (Wildman–Crippen LogP) is 5.65. The fourth-order valence-corrected chi connectivity index (χ4v) is 4.33. The minimum absolute atomic E-state index is 0.0111. The highest BCUT2D eigenvalue weighted by Gasteiger charge is 2.27. The lowest BCUT2D eigenvalue weighted by Crippen LogP contribution is -2.27. The average Bonchev–Trinajstić information content (AvgIpc) is 2.67. The number of hydrogen-bond acceptors (Lipinski definition) is 3. The van der Waals surface area contributed by atoms with Crippen molar-refractivity contribution in [2.24, 2.45) is 5.92 Å². The summed E-state index contributed by atoms with van der Waals surface area (Å²) in [7, 11) is 0. The van der Waals surface area contributed by atoms with Gasteiger partial charge in [-0.2, -0.15) is 4.39 Å². The van der Waals surface area contributed by atoms with Gasteiger partial charge in [0.2, 0.25) is 5.82 Å². The number of rotatable bonds is 6. The number of ether oxygens (including phenoxy) is 2. The Bertz CT molecular complexity index is 666. The number of benzene rings is 1. The predicted molar refractivity (Wildman–Crippen MR) is 99.8 cm³/mol. The molecule has 0 saturated heterocycles. The zero-order chi connectivity index (χ0) is 19.4. The van der Waals surface area contributed by atoms with Crippen LogP contribution in [0.1, 0.15) is 75.8 Å². The summed E-state index contributed by atoms with van der Waals surface area (Å²) < 4.78 is 39.2. The van der Waals surface area contributed by atoms with E-state index in [1.807, 2.05) is 0 Å². The number of esters is 1. The number of aryl methyl sites for hydroxylation is 2. The van der Waals surface area contributed by atoms with E-state index in [0.29, 0.717) is 30.4 Å². The first-order valence-corrected chi connectivity index (χ1v) is 10.3. The van der Waals surface area contributed by atoms with Gasteiger partial charge in [-0.05, 0) is 75.0 Å². The van der Waals surface area contributed by atoms with Crippen molar-refractivity contribution in [2.45, 2.75) is 90.3 Å². The average molecular weight is 380 g/mol. The third kappa shape index (κ3) is 4.99. The Morgan fingerprint density at radius 2 is 1.89 bits per heavy atom. The van der Waals surface area contributed by atoms with Crippen molar-refractivity contribution in [3.8, 4) is 5.75 Å². The summed E-state index contributed by atoms with van der Waals surface area (Å²) in [5.74, 6) is -1.19. The van der Waals surface area contributed by atoms with Gasteiger partial charge in [0.25, 0.3) is 0 Å². The summed E-state index contributed by atoms with van der Waals surface area (Å²) in [5, 5.41) is 0. The topological polar surface area (TPSA) is 35.5 Å². The second kappa shape index (κ2) is 9.03. The normalized spacial score (nSPS) is 24.8. The summed E-state index contributed by atoms with van der Waals surface area (Å²) in [6, 6.07) is 1.65. The van der Waals surface area contributed by atoms with Crippen LogP contribution in [0.5, 0.6) is 5.75 Å². The van der Waals surface area contributed by atoms with Gasteiger partial charge in [0.05, 0.1) is 6.10 Å². The van der Waals surface area contributed by atoms with Crippen LogP contribution in [-0.2, 0) is 16.0 Å². The Morgan fingerprint density at radius 3 is 2.59 bits per heavy atom. The number of halogens is 2. The van der Waals surface area contributed by atoms with Gasteiger partial charge in [-0.3, -0.25) is 4.79 Å². The van der Waals surface area contributed by atoms with Crippen molar-refractivity contribution >= 4 is 5.97 Å². The zero-order valence-electron chi connectivity index (χ0n) is 16.4. The molecule has 1 aromatic carbocycles. The van der Waals surface area contributed by atoms with Gasteiger partial charge in [0.15, 0.2) is 11.6 Å². The van der Waals surface area contributed by atoms with Crippen molar-refractivity contribution in [3.63, 3.8) is 0 Å². The lowest BCUT2D eigenvalue weighted by Gasteiger charge is -2.29. The largest absolute Gasteiger partial charge is 0.487 e. The first kappa shape index (κ1) is 20.1. The molecular formula is C22H30F2O3.